The zero-order valence-electron chi connectivity index (χ0n) is 11.8. The summed E-state index contributed by atoms with van der Waals surface area (Å²) in [4.78, 5) is 32.5. The highest BCUT2D eigenvalue weighted by molar-refractivity contribution is 5.90. The van der Waals surface area contributed by atoms with Crippen LogP contribution in [-0.2, 0) is 4.79 Å². The Hall–Kier alpha value is -2.64. The number of urea groups is 1. The summed E-state index contributed by atoms with van der Waals surface area (Å²) in [6, 6.07) is 3.54. The molecule has 0 aromatic heterocycles. The van der Waals surface area contributed by atoms with Crippen LogP contribution in [0.3, 0.4) is 0 Å². The van der Waals surface area contributed by atoms with E-state index in [-0.39, 0.29) is 18.2 Å². The number of hydrogen-bond acceptors (Lipinski definition) is 4. The fraction of sp³-hybridized carbons (Fsp3) is 0.385. The molecule has 8 heteroatoms. The minimum Gasteiger partial charge on any atom is -0.481 e. The number of amides is 2. The number of carboxylic acids is 1. The van der Waals surface area contributed by atoms with Gasteiger partial charge in [-0.25, -0.2) is 4.79 Å². The first-order chi connectivity index (χ1) is 9.81. The minimum absolute atomic E-state index is 0.0444. The van der Waals surface area contributed by atoms with Crippen molar-refractivity contribution in [2.75, 3.05) is 5.32 Å². The lowest BCUT2D eigenvalue weighted by Crippen LogP contribution is -2.36. The molecule has 0 fully saturated rings. The molecule has 1 rings (SSSR count). The van der Waals surface area contributed by atoms with Gasteiger partial charge in [-0.1, -0.05) is 6.07 Å². The molecule has 8 nitrogen and oxygen atoms in total. The van der Waals surface area contributed by atoms with Crippen LogP contribution in [0.2, 0.25) is 0 Å². The number of nitro benzene ring substituents is 1. The highest BCUT2D eigenvalue weighted by Crippen LogP contribution is 2.24. The van der Waals surface area contributed by atoms with Gasteiger partial charge in [0.1, 0.15) is 0 Å². The second-order valence-electron chi connectivity index (χ2n) is 4.64. The van der Waals surface area contributed by atoms with Gasteiger partial charge in [0.15, 0.2) is 0 Å². The molecule has 21 heavy (non-hydrogen) atoms. The van der Waals surface area contributed by atoms with Crippen molar-refractivity contribution >= 4 is 23.4 Å². The maximum atomic E-state index is 11.8. The molecule has 0 bridgehead atoms. The zero-order valence-corrected chi connectivity index (χ0v) is 11.8. The molecule has 2 amide bonds. The van der Waals surface area contributed by atoms with Gasteiger partial charge < -0.3 is 15.7 Å². The van der Waals surface area contributed by atoms with E-state index in [9.17, 15) is 19.7 Å². The van der Waals surface area contributed by atoms with Gasteiger partial charge in [-0.15, -0.1) is 0 Å². The summed E-state index contributed by atoms with van der Waals surface area (Å²) in [5.74, 6) is -0.932. The zero-order chi connectivity index (χ0) is 16.0. The SMILES string of the molecule is Cc1c(NC(=O)NC(C)CCC(=O)O)cccc1[N+](=O)[O-]. The molecule has 0 saturated heterocycles. The summed E-state index contributed by atoms with van der Waals surface area (Å²) >= 11 is 0. The molecule has 3 N–H and O–H groups in total. The van der Waals surface area contributed by atoms with E-state index in [1.165, 1.54) is 12.1 Å². The summed E-state index contributed by atoms with van der Waals surface area (Å²) in [6.45, 7) is 3.23. The number of carbonyl (C=O) groups is 2. The molecule has 0 aliphatic rings. The fourth-order valence-electron chi connectivity index (χ4n) is 1.75. The molecule has 1 unspecified atom stereocenters. The second-order valence-corrected chi connectivity index (χ2v) is 4.64. The maximum Gasteiger partial charge on any atom is 0.319 e. The summed E-state index contributed by atoms with van der Waals surface area (Å²) in [7, 11) is 0. The van der Waals surface area contributed by atoms with Crippen LogP contribution < -0.4 is 10.6 Å². The molecule has 0 heterocycles. The van der Waals surface area contributed by atoms with Crippen LogP contribution in [0.15, 0.2) is 18.2 Å². The van der Waals surface area contributed by atoms with Gasteiger partial charge in [0, 0.05) is 18.5 Å². The largest absolute Gasteiger partial charge is 0.481 e. The van der Waals surface area contributed by atoms with E-state index >= 15 is 0 Å². The Morgan fingerprint density at radius 3 is 2.67 bits per heavy atom. The number of carbonyl (C=O) groups excluding carboxylic acids is 1. The molecule has 1 atom stereocenters. The molecule has 0 saturated carbocycles. The van der Waals surface area contributed by atoms with Crippen molar-refractivity contribution in [2.24, 2.45) is 0 Å². The van der Waals surface area contributed by atoms with E-state index in [4.69, 9.17) is 5.11 Å². The molecule has 0 aliphatic carbocycles. The van der Waals surface area contributed by atoms with Gasteiger partial charge in [-0.2, -0.15) is 0 Å². The number of hydrogen-bond donors (Lipinski definition) is 3. The topological polar surface area (TPSA) is 122 Å². The average Bonchev–Trinajstić information content (AvgIpc) is 2.38. The highest BCUT2D eigenvalue weighted by Gasteiger charge is 2.15. The smallest absolute Gasteiger partial charge is 0.319 e. The Morgan fingerprint density at radius 2 is 2.10 bits per heavy atom. The predicted molar refractivity (Wildman–Crippen MR) is 76.3 cm³/mol. The van der Waals surface area contributed by atoms with Crippen molar-refractivity contribution in [1.82, 2.24) is 5.32 Å². The lowest BCUT2D eigenvalue weighted by atomic mass is 10.1. The van der Waals surface area contributed by atoms with E-state index in [2.05, 4.69) is 10.6 Å². The monoisotopic (exact) mass is 295 g/mol. The third-order valence-corrected chi connectivity index (χ3v) is 2.92. The third kappa shape index (κ3) is 5.09. The number of rotatable bonds is 6. The lowest BCUT2D eigenvalue weighted by Gasteiger charge is -2.14. The van der Waals surface area contributed by atoms with Crippen LogP contribution in [0.1, 0.15) is 25.3 Å². The van der Waals surface area contributed by atoms with Crippen molar-refractivity contribution in [1.29, 1.82) is 0 Å². The number of nitrogens with zero attached hydrogens (tertiary/aromatic N) is 1. The number of benzene rings is 1. The number of nitrogens with one attached hydrogen (secondary N) is 2. The molecular formula is C13H17N3O5. The summed E-state index contributed by atoms with van der Waals surface area (Å²) < 4.78 is 0. The van der Waals surface area contributed by atoms with E-state index < -0.39 is 16.9 Å². The van der Waals surface area contributed by atoms with Crippen molar-refractivity contribution in [3.63, 3.8) is 0 Å². The molecule has 1 aromatic carbocycles. The van der Waals surface area contributed by atoms with Gasteiger partial charge in [0.05, 0.1) is 16.2 Å². The Kier molecular flexibility index (Phi) is 5.65. The summed E-state index contributed by atoms with van der Waals surface area (Å²) in [5.41, 5.74) is 0.620. The van der Waals surface area contributed by atoms with E-state index in [1.54, 1.807) is 19.9 Å². The van der Waals surface area contributed by atoms with Crippen molar-refractivity contribution in [3.05, 3.63) is 33.9 Å². The first kappa shape index (κ1) is 16.4. The minimum atomic E-state index is -0.932. The highest BCUT2D eigenvalue weighted by atomic mass is 16.6. The van der Waals surface area contributed by atoms with Crippen LogP contribution in [0.4, 0.5) is 16.2 Å². The Bertz CT molecular complexity index is 559. The number of nitro groups is 1. The first-order valence-corrected chi connectivity index (χ1v) is 6.34. The lowest BCUT2D eigenvalue weighted by molar-refractivity contribution is -0.385. The van der Waals surface area contributed by atoms with Crippen LogP contribution in [-0.4, -0.2) is 28.1 Å². The predicted octanol–water partition coefficient (Wildman–Crippen LogP) is 2.28. The van der Waals surface area contributed by atoms with Gasteiger partial charge in [0.2, 0.25) is 0 Å². The Labute approximate surface area is 121 Å². The first-order valence-electron chi connectivity index (χ1n) is 6.34. The van der Waals surface area contributed by atoms with Crippen LogP contribution >= 0.6 is 0 Å². The van der Waals surface area contributed by atoms with E-state index in [0.717, 1.165) is 0 Å². The molecular weight excluding hydrogens is 278 g/mol. The average molecular weight is 295 g/mol. The van der Waals surface area contributed by atoms with Gasteiger partial charge in [0.25, 0.3) is 5.69 Å². The standard InChI is InChI=1S/C13H17N3O5/c1-8(6-7-12(17)18)14-13(19)15-10-4-3-5-11(9(10)2)16(20)21/h3-5,8H,6-7H2,1-2H3,(H,17,18)(H2,14,15,19). The van der Waals surface area contributed by atoms with Gasteiger partial charge in [-0.3, -0.25) is 14.9 Å². The van der Waals surface area contributed by atoms with Crippen molar-refractivity contribution < 1.29 is 19.6 Å². The molecule has 0 spiro atoms. The molecule has 114 valence electrons. The molecule has 0 aliphatic heterocycles. The fourth-order valence-corrected chi connectivity index (χ4v) is 1.75. The normalized spacial score (nSPS) is 11.5. The van der Waals surface area contributed by atoms with Crippen LogP contribution in [0.5, 0.6) is 0 Å². The van der Waals surface area contributed by atoms with Crippen molar-refractivity contribution in [3.8, 4) is 0 Å². The number of anilines is 1. The van der Waals surface area contributed by atoms with E-state index in [0.29, 0.717) is 17.7 Å². The summed E-state index contributed by atoms with van der Waals surface area (Å²) in [6.07, 6.45) is 0.258. The van der Waals surface area contributed by atoms with E-state index in [1.807, 2.05) is 0 Å². The maximum absolute atomic E-state index is 11.8. The van der Waals surface area contributed by atoms with Crippen LogP contribution in [0.25, 0.3) is 0 Å². The third-order valence-electron chi connectivity index (χ3n) is 2.92. The Balaban J connectivity index is 2.65. The quantitative estimate of drug-likeness (QED) is 0.549. The number of aliphatic carboxylic acids is 1. The van der Waals surface area contributed by atoms with Gasteiger partial charge >= 0.3 is 12.0 Å². The molecule has 1 aromatic rings. The van der Waals surface area contributed by atoms with Gasteiger partial charge in [-0.05, 0) is 26.3 Å². The number of carboxylic acid groups (broad SMARTS) is 1. The van der Waals surface area contributed by atoms with Crippen molar-refractivity contribution in [2.45, 2.75) is 32.7 Å². The van der Waals surface area contributed by atoms with Crippen LogP contribution in [0, 0.1) is 17.0 Å². The second kappa shape index (κ2) is 7.22. The Morgan fingerprint density at radius 1 is 1.43 bits per heavy atom. The molecule has 0 radical (unpaired) electrons. The summed E-state index contributed by atoms with van der Waals surface area (Å²) in [5, 5.41) is 24.5.